The Bertz CT molecular complexity index is 821. The van der Waals surface area contributed by atoms with Crippen molar-refractivity contribution < 1.29 is 22.0 Å². The van der Waals surface area contributed by atoms with E-state index in [4.69, 9.17) is 5.14 Å². The number of benzene rings is 2. The SMILES string of the molecule is NS(=O)(=O)c1ccc(NC(=O)CCc2ccc(F)c(F)c2)cc1. The molecule has 0 radical (unpaired) electrons. The molecule has 0 fully saturated rings. The van der Waals surface area contributed by atoms with Crippen LogP contribution < -0.4 is 10.5 Å². The lowest BCUT2D eigenvalue weighted by molar-refractivity contribution is -0.116. The van der Waals surface area contributed by atoms with Crippen LogP contribution in [-0.4, -0.2) is 14.3 Å². The summed E-state index contributed by atoms with van der Waals surface area (Å²) in [5.74, 6) is -2.23. The Labute approximate surface area is 132 Å². The van der Waals surface area contributed by atoms with Gasteiger partial charge >= 0.3 is 0 Å². The quantitative estimate of drug-likeness (QED) is 0.874. The molecule has 0 aliphatic rings. The fraction of sp³-hybridized carbons (Fsp3) is 0.133. The van der Waals surface area contributed by atoms with Crippen LogP contribution in [-0.2, 0) is 21.2 Å². The molecule has 0 spiro atoms. The minimum absolute atomic E-state index is 0.0581. The summed E-state index contributed by atoms with van der Waals surface area (Å²) in [6, 6.07) is 8.84. The zero-order valence-electron chi connectivity index (χ0n) is 11.9. The third kappa shape index (κ3) is 4.83. The van der Waals surface area contributed by atoms with E-state index in [1.807, 2.05) is 0 Å². The van der Waals surface area contributed by atoms with Crippen molar-refractivity contribution >= 4 is 21.6 Å². The Balaban J connectivity index is 1.93. The van der Waals surface area contributed by atoms with Crippen molar-refractivity contribution in [3.63, 3.8) is 0 Å². The molecular weight excluding hydrogens is 326 g/mol. The number of amides is 1. The van der Waals surface area contributed by atoms with Gasteiger partial charge in [0, 0.05) is 12.1 Å². The van der Waals surface area contributed by atoms with Gasteiger partial charge in [0.15, 0.2) is 11.6 Å². The fourth-order valence-corrected chi connectivity index (χ4v) is 2.42. The Hall–Kier alpha value is -2.32. The number of nitrogens with two attached hydrogens (primary N) is 1. The average molecular weight is 340 g/mol. The van der Waals surface area contributed by atoms with Gasteiger partial charge < -0.3 is 5.32 Å². The van der Waals surface area contributed by atoms with Crippen molar-refractivity contribution in [3.05, 3.63) is 59.7 Å². The number of aryl methyl sites for hydroxylation is 1. The Kier molecular flexibility index (Phi) is 5.07. The first-order chi connectivity index (χ1) is 10.8. The van der Waals surface area contributed by atoms with Gasteiger partial charge in [-0.25, -0.2) is 22.3 Å². The van der Waals surface area contributed by atoms with E-state index < -0.39 is 21.7 Å². The van der Waals surface area contributed by atoms with Crippen LogP contribution in [0, 0.1) is 11.6 Å². The maximum Gasteiger partial charge on any atom is 0.238 e. The summed E-state index contributed by atoms with van der Waals surface area (Å²) in [5, 5.41) is 7.54. The average Bonchev–Trinajstić information content (AvgIpc) is 2.48. The van der Waals surface area contributed by atoms with Crippen LogP contribution >= 0.6 is 0 Å². The lowest BCUT2D eigenvalue weighted by atomic mass is 10.1. The number of anilines is 1. The van der Waals surface area contributed by atoms with Crippen LogP contribution in [0.2, 0.25) is 0 Å². The van der Waals surface area contributed by atoms with Gasteiger partial charge in [-0.05, 0) is 48.4 Å². The second-order valence-corrected chi connectivity index (χ2v) is 6.43. The van der Waals surface area contributed by atoms with Gasteiger partial charge in [0.25, 0.3) is 0 Å². The largest absolute Gasteiger partial charge is 0.326 e. The smallest absolute Gasteiger partial charge is 0.238 e. The highest BCUT2D eigenvalue weighted by Crippen LogP contribution is 2.14. The van der Waals surface area contributed by atoms with E-state index in [0.717, 1.165) is 12.1 Å². The Morgan fingerprint density at radius 3 is 2.26 bits per heavy atom. The zero-order valence-corrected chi connectivity index (χ0v) is 12.7. The number of rotatable bonds is 5. The molecule has 0 bridgehead atoms. The molecule has 0 heterocycles. The van der Waals surface area contributed by atoms with Crippen LogP contribution in [0.15, 0.2) is 47.4 Å². The summed E-state index contributed by atoms with van der Waals surface area (Å²) < 4.78 is 48.1. The highest BCUT2D eigenvalue weighted by molar-refractivity contribution is 7.89. The van der Waals surface area contributed by atoms with Crippen LogP contribution in [0.3, 0.4) is 0 Å². The van der Waals surface area contributed by atoms with Crippen molar-refractivity contribution in [2.24, 2.45) is 5.14 Å². The second-order valence-electron chi connectivity index (χ2n) is 4.87. The van der Waals surface area contributed by atoms with Crippen LogP contribution in [0.25, 0.3) is 0 Å². The Morgan fingerprint density at radius 2 is 1.70 bits per heavy atom. The van der Waals surface area contributed by atoms with Crippen molar-refractivity contribution in [1.82, 2.24) is 0 Å². The monoisotopic (exact) mass is 340 g/mol. The number of hydrogen-bond donors (Lipinski definition) is 2. The summed E-state index contributed by atoms with van der Waals surface area (Å²) in [4.78, 5) is 11.7. The molecule has 2 aromatic rings. The number of sulfonamides is 1. The van der Waals surface area contributed by atoms with E-state index >= 15 is 0 Å². The highest BCUT2D eigenvalue weighted by Gasteiger charge is 2.09. The number of halogens is 2. The van der Waals surface area contributed by atoms with Crippen molar-refractivity contribution in [2.75, 3.05) is 5.32 Å². The van der Waals surface area contributed by atoms with E-state index in [9.17, 15) is 22.0 Å². The normalized spacial score (nSPS) is 11.3. The lowest BCUT2D eigenvalue weighted by Crippen LogP contribution is -2.14. The van der Waals surface area contributed by atoms with Gasteiger partial charge in [-0.15, -0.1) is 0 Å². The second kappa shape index (κ2) is 6.84. The van der Waals surface area contributed by atoms with Gasteiger partial charge in [0.1, 0.15) is 0 Å². The topological polar surface area (TPSA) is 89.3 Å². The summed E-state index contributed by atoms with van der Waals surface area (Å²) in [6.07, 6.45) is 0.320. The summed E-state index contributed by atoms with van der Waals surface area (Å²) in [7, 11) is -3.78. The molecular formula is C15H14F2N2O3S. The summed E-state index contributed by atoms with van der Waals surface area (Å²) in [5.41, 5.74) is 0.913. The number of primary sulfonamides is 1. The molecule has 2 aromatic carbocycles. The minimum atomic E-state index is -3.78. The standard InChI is InChI=1S/C15H14F2N2O3S/c16-13-7-1-10(9-14(13)17)2-8-15(20)19-11-3-5-12(6-4-11)23(18,21)22/h1,3-7,9H,2,8H2,(H,19,20)(H2,18,21,22). The lowest BCUT2D eigenvalue weighted by Gasteiger charge is -2.06. The molecule has 0 aromatic heterocycles. The zero-order chi connectivity index (χ0) is 17.0. The van der Waals surface area contributed by atoms with Gasteiger partial charge in [0.2, 0.25) is 15.9 Å². The van der Waals surface area contributed by atoms with E-state index in [1.165, 1.54) is 30.3 Å². The number of carbonyl (C=O) groups is 1. The molecule has 0 saturated carbocycles. The van der Waals surface area contributed by atoms with E-state index in [-0.39, 0.29) is 23.6 Å². The van der Waals surface area contributed by atoms with Crippen LogP contribution in [0.4, 0.5) is 14.5 Å². The first-order valence-corrected chi connectivity index (χ1v) is 8.17. The molecule has 8 heteroatoms. The van der Waals surface area contributed by atoms with Gasteiger partial charge in [0.05, 0.1) is 4.90 Å². The molecule has 2 rings (SSSR count). The number of nitrogens with one attached hydrogen (secondary N) is 1. The van der Waals surface area contributed by atoms with Gasteiger partial charge in [-0.3, -0.25) is 4.79 Å². The molecule has 23 heavy (non-hydrogen) atoms. The molecule has 0 aliphatic heterocycles. The molecule has 0 atom stereocenters. The van der Waals surface area contributed by atoms with E-state index in [0.29, 0.717) is 11.3 Å². The fourth-order valence-electron chi connectivity index (χ4n) is 1.90. The summed E-state index contributed by atoms with van der Waals surface area (Å²) in [6.45, 7) is 0. The molecule has 1 amide bonds. The summed E-state index contributed by atoms with van der Waals surface area (Å²) >= 11 is 0. The third-order valence-electron chi connectivity index (χ3n) is 3.09. The maximum absolute atomic E-state index is 13.0. The minimum Gasteiger partial charge on any atom is -0.326 e. The Morgan fingerprint density at radius 1 is 1.04 bits per heavy atom. The molecule has 3 N–H and O–H groups in total. The van der Waals surface area contributed by atoms with Gasteiger partial charge in [-0.2, -0.15) is 0 Å². The predicted molar refractivity (Wildman–Crippen MR) is 81.1 cm³/mol. The number of hydrogen-bond acceptors (Lipinski definition) is 3. The van der Waals surface area contributed by atoms with Crippen molar-refractivity contribution in [3.8, 4) is 0 Å². The van der Waals surface area contributed by atoms with Crippen LogP contribution in [0.5, 0.6) is 0 Å². The number of carbonyl (C=O) groups excluding carboxylic acids is 1. The first-order valence-electron chi connectivity index (χ1n) is 6.62. The highest BCUT2D eigenvalue weighted by atomic mass is 32.2. The molecule has 0 unspecified atom stereocenters. The van der Waals surface area contributed by atoms with Crippen molar-refractivity contribution in [1.29, 1.82) is 0 Å². The van der Waals surface area contributed by atoms with E-state index in [2.05, 4.69) is 5.32 Å². The molecule has 122 valence electrons. The molecule has 5 nitrogen and oxygen atoms in total. The maximum atomic E-state index is 13.0. The molecule has 0 saturated heterocycles. The molecule has 0 aliphatic carbocycles. The van der Waals surface area contributed by atoms with Gasteiger partial charge in [-0.1, -0.05) is 6.07 Å². The first kappa shape index (κ1) is 17.0. The van der Waals surface area contributed by atoms with Crippen molar-refractivity contribution in [2.45, 2.75) is 17.7 Å². The third-order valence-corrected chi connectivity index (χ3v) is 4.02. The van der Waals surface area contributed by atoms with Crippen LogP contribution in [0.1, 0.15) is 12.0 Å². The predicted octanol–water partition coefficient (Wildman–Crippen LogP) is 2.18. The van der Waals surface area contributed by atoms with E-state index in [1.54, 1.807) is 0 Å².